The summed E-state index contributed by atoms with van der Waals surface area (Å²) < 4.78 is 5.08. The fourth-order valence-electron chi connectivity index (χ4n) is 3.01. The second-order valence-electron chi connectivity index (χ2n) is 6.12. The lowest BCUT2D eigenvalue weighted by Crippen LogP contribution is -2.38. The highest BCUT2D eigenvalue weighted by Crippen LogP contribution is 2.24. The van der Waals surface area contributed by atoms with Gasteiger partial charge < -0.3 is 15.0 Å². The van der Waals surface area contributed by atoms with Gasteiger partial charge in [0.1, 0.15) is 5.82 Å². The molecule has 0 spiro atoms. The number of rotatable bonds is 7. The third-order valence-corrected chi connectivity index (χ3v) is 4.56. The van der Waals surface area contributed by atoms with Crippen LogP contribution in [0.4, 0.5) is 5.82 Å². The number of aromatic nitrogens is 2. The molecule has 6 heteroatoms. The predicted molar refractivity (Wildman–Crippen MR) is 90.7 cm³/mol. The molecule has 0 aromatic carbocycles. The number of piperidine rings is 1. The van der Waals surface area contributed by atoms with Crippen LogP contribution in [0.15, 0.2) is 12.3 Å². The van der Waals surface area contributed by atoms with E-state index in [0.29, 0.717) is 24.4 Å². The zero-order valence-electron chi connectivity index (χ0n) is 14.4. The van der Waals surface area contributed by atoms with Gasteiger partial charge in [-0.25, -0.2) is 4.98 Å². The Morgan fingerprint density at radius 1 is 1.39 bits per heavy atom. The maximum absolute atomic E-state index is 12.1. The molecule has 1 aromatic rings. The third kappa shape index (κ3) is 5.08. The summed E-state index contributed by atoms with van der Waals surface area (Å²) in [6.07, 6.45) is 6.38. The largest absolute Gasteiger partial charge is 0.467 e. The summed E-state index contributed by atoms with van der Waals surface area (Å²) in [6.45, 7) is 6.07. The molecule has 2 heterocycles. The minimum absolute atomic E-state index is 0.195. The summed E-state index contributed by atoms with van der Waals surface area (Å²) in [5, 5.41) is 3.13. The van der Waals surface area contributed by atoms with Crippen molar-refractivity contribution in [3.05, 3.63) is 12.3 Å². The highest BCUT2D eigenvalue weighted by Gasteiger charge is 2.23. The molecule has 1 fully saturated rings. The van der Waals surface area contributed by atoms with Gasteiger partial charge >= 0.3 is 6.01 Å². The molecule has 128 valence electrons. The Bertz CT molecular complexity index is 497. The molecular weight excluding hydrogens is 292 g/mol. The van der Waals surface area contributed by atoms with Crippen LogP contribution in [0.2, 0.25) is 0 Å². The van der Waals surface area contributed by atoms with Gasteiger partial charge in [0.15, 0.2) is 0 Å². The van der Waals surface area contributed by atoms with E-state index in [4.69, 9.17) is 4.74 Å². The van der Waals surface area contributed by atoms with E-state index in [2.05, 4.69) is 34.0 Å². The molecular formula is C17H28N4O2. The molecule has 0 aliphatic carbocycles. The standard InChI is InChI=1S/C17H28N4O2/c1-4-14(5-2)19-16(22)12-13-7-10-21(11-8-13)15-6-9-18-17(20-15)23-3/h6,9,13-14H,4-5,7-8,10-12H2,1-3H3,(H,19,22). The topological polar surface area (TPSA) is 67.4 Å². The lowest BCUT2D eigenvalue weighted by Gasteiger charge is -2.32. The predicted octanol–water partition coefficient (Wildman–Crippen LogP) is 2.40. The molecule has 0 radical (unpaired) electrons. The normalized spacial score (nSPS) is 15.7. The molecule has 2 rings (SSSR count). The number of ether oxygens (including phenoxy) is 1. The zero-order chi connectivity index (χ0) is 16.7. The maximum Gasteiger partial charge on any atom is 0.318 e. The van der Waals surface area contributed by atoms with E-state index in [1.807, 2.05) is 6.07 Å². The van der Waals surface area contributed by atoms with Crippen LogP contribution in [0.3, 0.4) is 0 Å². The molecule has 1 N–H and O–H groups in total. The van der Waals surface area contributed by atoms with Gasteiger partial charge in [0.25, 0.3) is 0 Å². The number of methoxy groups -OCH3 is 1. The number of carbonyl (C=O) groups excluding carboxylic acids is 1. The van der Waals surface area contributed by atoms with Crippen molar-refractivity contribution in [3.8, 4) is 6.01 Å². The van der Waals surface area contributed by atoms with Crippen molar-refractivity contribution in [3.63, 3.8) is 0 Å². The summed E-state index contributed by atoms with van der Waals surface area (Å²) in [4.78, 5) is 22.8. The van der Waals surface area contributed by atoms with Crippen molar-refractivity contribution in [2.75, 3.05) is 25.1 Å². The van der Waals surface area contributed by atoms with E-state index in [0.717, 1.165) is 44.6 Å². The van der Waals surface area contributed by atoms with Gasteiger partial charge in [-0.15, -0.1) is 0 Å². The van der Waals surface area contributed by atoms with Crippen LogP contribution in [-0.4, -0.2) is 42.1 Å². The third-order valence-electron chi connectivity index (χ3n) is 4.56. The highest BCUT2D eigenvalue weighted by atomic mass is 16.5. The first-order chi connectivity index (χ1) is 11.2. The summed E-state index contributed by atoms with van der Waals surface area (Å²) >= 11 is 0. The second kappa shape index (κ2) is 8.70. The fraction of sp³-hybridized carbons (Fsp3) is 0.706. The Kier molecular flexibility index (Phi) is 6.62. The minimum Gasteiger partial charge on any atom is -0.467 e. The molecule has 1 aliphatic heterocycles. The van der Waals surface area contributed by atoms with Gasteiger partial charge in [0.05, 0.1) is 7.11 Å². The Balaban J connectivity index is 1.80. The van der Waals surface area contributed by atoms with Gasteiger partial charge in [-0.2, -0.15) is 4.98 Å². The van der Waals surface area contributed by atoms with Crippen molar-refractivity contribution in [1.29, 1.82) is 0 Å². The molecule has 0 saturated carbocycles. The number of hydrogen-bond donors (Lipinski definition) is 1. The maximum atomic E-state index is 12.1. The lowest BCUT2D eigenvalue weighted by atomic mass is 9.93. The lowest BCUT2D eigenvalue weighted by molar-refractivity contribution is -0.122. The van der Waals surface area contributed by atoms with Gasteiger partial charge in [-0.05, 0) is 37.7 Å². The van der Waals surface area contributed by atoms with E-state index in [1.165, 1.54) is 0 Å². The first kappa shape index (κ1) is 17.5. The Morgan fingerprint density at radius 3 is 2.70 bits per heavy atom. The molecule has 1 aliphatic rings. The number of anilines is 1. The average Bonchev–Trinajstić information content (AvgIpc) is 2.60. The fourth-order valence-corrected chi connectivity index (χ4v) is 3.01. The van der Waals surface area contributed by atoms with Crippen LogP contribution in [0, 0.1) is 5.92 Å². The van der Waals surface area contributed by atoms with Gasteiger partial charge in [-0.1, -0.05) is 13.8 Å². The Morgan fingerprint density at radius 2 is 2.09 bits per heavy atom. The summed E-state index contributed by atoms with van der Waals surface area (Å²) in [5.41, 5.74) is 0. The van der Waals surface area contributed by atoms with E-state index in [1.54, 1.807) is 13.3 Å². The Labute approximate surface area is 138 Å². The number of nitrogens with one attached hydrogen (secondary N) is 1. The quantitative estimate of drug-likeness (QED) is 0.835. The van der Waals surface area contributed by atoms with Crippen molar-refractivity contribution in [2.24, 2.45) is 5.92 Å². The van der Waals surface area contributed by atoms with E-state index in [9.17, 15) is 4.79 Å². The molecule has 1 aromatic heterocycles. The Hall–Kier alpha value is -1.85. The zero-order valence-corrected chi connectivity index (χ0v) is 14.4. The van der Waals surface area contributed by atoms with Crippen molar-refractivity contribution in [2.45, 2.75) is 52.0 Å². The van der Waals surface area contributed by atoms with Gasteiger partial charge in [0.2, 0.25) is 5.91 Å². The van der Waals surface area contributed by atoms with Gasteiger partial charge in [0, 0.05) is 31.7 Å². The summed E-state index contributed by atoms with van der Waals surface area (Å²) in [7, 11) is 1.57. The number of amides is 1. The van der Waals surface area contributed by atoms with E-state index >= 15 is 0 Å². The van der Waals surface area contributed by atoms with Crippen molar-refractivity contribution in [1.82, 2.24) is 15.3 Å². The summed E-state index contributed by atoms with van der Waals surface area (Å²) in [5.74, 6) is 1.56. The molecule has 0 atom stereocenters. The van der Waals surface area contributed by atoms with Crippen LogP contribution >= 0.6 is 0 Å². The minimum atomic E-state index is 0.195. The summed E-state index contributed by atoms with van der Waals surface area (Å²) in [6, 6.07) is 2.62. The second-order valence-corrected chi connectivity index (χ2v) is 6.12. The monoisotopic (exact) mass is 320 g/mol. The molecule has 0 unspecified atom stereocenters. The smallest absolute Gasteiger partial charge is 0.318 e. The first-order valence-electron chi connectivity index (χ1n) is 8.57. The SMILES string of the molecule is CCC(CC)NC(=O)CC1CCN(c2ccnc(OC)n2)CC1. The molecule has 1 saturated heterocycles. The van der Waals surface area contributed by atoms with Crippen LogP contribution in [0.1, 0.15) is 46.0 Å². The van der Waals surface area contributed by atoms with Crippen LogP contribution in [0.25, 0.3) is 0 Å². The number of hydrogen-bond acceptors (Lipinski definition) is 5. The number of nitrogens with zero attached hydrogens (tertiary/aromatic N) is 3. The van der Waals surface area contributed by atoms with Crippen molar-refractivity contribution >= 4 is 11.7 Å². The molecule has 1 amide bonds. The van der Waals surface area contributed by atoms with Crippen LogP contribution < -0.4 is 15.0 Å². The molecule has 0 bridgehead atoms. The molecule has 6 nitrogen and oxygen atoms in total. The highest BCUT2D eigenvalue weighted by molar-refractivity contribution is 5.76. The van der Waals surface area contributed by atoms with Crippen molar-refractivity contribution < 1.29 is 9.53 Å². The van der Waals surface area contributed by atoms with E-state index in [-0.39, 0.29) is 5.91 Å². The average molecular weight is 320 g/mol. The van der Waals surface area contributed by atoms with Crippen LogP contribution in [-0.2, 0) is 4.79 Å². The van der Waals surface area contributed by atoms with E-state index < -0.39 is 0 Å². The molecule has 23 heavy (non-hydrogen) atoms. The first-order valence-corrected chi connectivity index (χ1v) is 8.57. The van der Waals surface area contributed by atoms with Crippen LogP contribution in [0.5, 0.6) is 6.01 Å². The van der Waals surface area contributed by atoms with Gasteiger partial charge in [-0.3, -0.25) is 4.79 Å². The number of carbonyl (C=O) groups is 1.